The molecule has 0 saturated carbocycles. The van der Waals surface area contributed by atoms with Gasteiger partial charge in [0.05, 0.1) is 11.4 Å². The summed E-state index contributed by atoms with van der Waals surface area (Å²) in [5, 5.41) is 5.83. The number of carbonyl (C=O) groups excluding carboxylic acids is 2. The molecule has 0 bridgehead atoms. The third-order valence-corrected chi connectivity index (χ3v) is 3.60. The molecular weight excluding hydrogens is 304 g/mol. The molecule has 1 aromatic carbocycles. The van der Waals surface area contributed by atoms with Crippen LogP contribution in [-0.2, 0) is 4.79 Å². The Labute approximate surface area is 136 Å². The Morgan fingerprint density at radius 2 is 1.95 bits per heavy atom. The van der Waals surface area contributed by atoms with Crippen LogP contribution in [0.5, 0.6) is 0 Å². The number of nitrogens with one attached hydrogen (secondary N) is 2. The summed E-state index contributed by atoms with van der Waals surface area (Å²) in [4.78, 5) is 25.5. The fourth-order valence-electron chi connectivity index (χ4n) is 2.47. The second-order valence-electron chi connectivity index (χ2n) is 5.19. The van der Waals surface area contributed by atoms with Crippen LogP contribution in [0.15, 0.2) is 18.2 Å². The molecule has 4 N–H and O–H groups in total. The molecule has 1 heterocycles. The fraction of sp³-hybridized carbons (Fsp3) is 0.467. The van der Waals surface area contributed by atoms with Crippen molar-refractivity contribution in [2.45, 2.75) is 19.3 Å². The molecule has 6 nitrogen and oxygen atoms in total. The zero-order valence-electron chi connectivity index (χ0n) is 12.7. The number of anilines is 2. The van der Waals surface area contributed by atoms with Crippen LogP contribution in [0.4, 0.5) is 11.4 Å². The fourth-order valence-corrected chi connectivity index (χ4v) is 2.47. The van der Waals surface area contributed by atoms with Gasteiger partial charge in [-0.25, -0.2) is 0 Å². The van der Waals surface area contributed by atoms with Crippen LogP contribution in [0.2, 0.25) is 0 Å². The van der Waals surface area contributed by atoms with Crippen LogP contribution in [0, 0.1) is 0 Å². The lowest BCUT2D eigenvalue weighted by Gasteiger charge is -2.22. The molecule has 0 aliphatic carbocycles. The van der Waals surface area contributed by atoms with Gasteiger partial charge < -0.3 is 21.3 Å². The van der Waals surface area contributed by atoms with Crippen molar-refractivity contribution in [3.05, 3.63) is 23.8 Å². The first-order valence-corrected chi connectivity index (χ1v) is 7.25. The first-order valence-electron chi connectivity index (χ1n) is 7.25. The molecular formula is C15H23ClN4O2. The molecule has 7 heteroatoms. The molecule has 1 fully saturated rings. The molecule has 122 valence electrons. The predicted molar refractivity (Wildman–Crippen MR) is 90.8 cm³/mol. The van der Waals surface area contributed by atoms with Crippen LogP contribution < -0.4 is 21.3 Å². The van der Waals surface area contributed by atoms with E-state index in [0.29, 0.717) is 24.2 Å². The lowest BCUT2D eigenvalue weighted by molar-refractivity contribution is -0.116. The zero-order chi connectivity index (χ0) is 15.2. The van der Waals surface area contributed by atoms with Crippen molar-refractivity contribution in [1.29, 1.82) is 0 Å². The van der Waals surface area contributed by atoms with E-state index in [0.717, 1.165) is 31.6 Å². The third kappa shape index (κ3) is 4.61. The van der Waals surface area contributed by atoms with Crippen molar-refractivity contribution in [3.8, 4) is 0 Å². The topological polar surface area (TPSA) is 87.5 Å². The predicted octanol–water partition coefficient (Wildman–Crippen LogP) is 1.36. The first-order chi connectivity index (χ1) is 10.1. The Kier molecular flexibility index (Phi) is 7.14. The third-order valence-electron chi connectivity index (χ3n) is 3.60. The highest BCUT2D eigenvalue weighted by molar-refractivity contribution is 5.99. The van der Waals surface area contributed by atoms with Crippen LogP contribution >= 0.6 is 12.4 Å². The van der Waals surface area contributed by atoms with E-state index in [9.17, 15) is 9.59 Å². The van der Waals surface area contributed by atoms with E-state index in [4.69, 9.17) is 5.73 Å². The Balaban J connectivity index is 0.00000242. The van der Waals surface area contributed by atoms with Crippen molar-refractivity contribution in [1.82, 2.24) is 5.32 Å². The van der Waals surface area contributed by atoms with Crippen LogP contribution in [0.3, 0.4) is 0 Å². The first kappa shape index (κ1) is 18.3. The average molecular weight is 327 g/mol. The van der Waals surface area contributed by atoms with Crippen molar-refractivity contribution < 1.29 is 9.59 Å². The molecule has 0 unspecified atom stereocenters. The minimum atomic E-state index is -0.492. The van der Waals surface area contributed by atoms with Gasteiger partial charge in [0.2, 0.25) is 11.8 Å². The van der Waals surface area contributed by atoms with Gasteiger partial charge in [0.15, 0.2) is 0 Å². The van der Waals surface area contributed by atoms with E-state index < -0.39 is 5.91 Å². The van der Waals surface area contributed by atoms with Gasteiger partial charge in [0.25, 0.3) is 0 Å². The Morgan fingerprint density at radius 3 is 2.55 bits per heavy atom. The smallest absolute Gasteiger partial charge is 0.248 e. The summed E-state index contributed by atoms with van der Waals surface area (Å²) < 4.78 is 0. The highest BCUT2D eigenvalue weighted by Crippen LogP contribution is 2.30. The number of hydrogen-bond donors (Lipinski definition) is 3. The quantitative estimate of drug-likeness (QED) is 0.736. The van der Waals surface area contributed by atoms with Gasteiger partial charge in [-0.15, -0.1) is 12.4 Å². The van der Waals surface area contributed by atoms with E-state index in [1.165, 1.54) is 0 Å². The zero-order valence-corrected chi connectivity index (χ0v) is 13.5. The van der Waals surface area contributed by atoms with E-state index >= 15 is 0 Å². The highest BCUT2D eigenvalue weighted by Gasteiger charge is 2.18. The standard InChI is InChI=1S/C15H22N4O2.ClH/c1-17-7-6-14(20)18-12-10-11(15(16)21)4-5-13(12)19-8-2-3-9-19;/h4-5,10,17H,2-3,6-9H2,1H3,(H2,16,21)(H,18,20);1H. The molecule has 1 aliphatic rings. The molecule has 2 rings (SSSR count). The lowest BCUT2D eigenvalue weighted by atomic mass is 10.1. The molecule has 2 amide bonds. The molecule has 22 heavy (non-hydrogen) atoms. The SMILES string of the molecule is CNCCC(=O)Nc1cc(C(N)=O)ccc1N1CCCC1.Cl. The Morgan fingerprint density at radius 1 is 1.27 bits per heavy atom. The molecule has 0 atom stereocenters. The summed E-state index contributed by atoms with van der Waals surface area (Å²) in [5.41, 5.74) is 7.34. The highest BCUT2D eigenvalue weighted by atomic mass is 35.5. The molecule has 1 saturated heterocycles. The van der Waals surface area contributed by atoms with Crippen LogP contribution in [0.25, 0.3) is 0 Å². The van der Waals surface area contributed by atoms with E-state index in [1.54, 1.807) is 19.2 Å². The number of benzene rings is 1. The van der Waals surface area contributed by atoms with Gasteiger partial charge in [-0.1, -0.05) is 0 Å². The Bertz CT molecular complexity index is 530. The van der Waals surface area contributed by atoms with Gasteiger partial charge in [0.1, 0.15) is 0 Å². The summed E-state index contributed by atoms with van der Waals surface area (Å²) in [6.45, 7) is 2.55. The average Bonchev–Trinajstić information content (AvgIpc) is 2.99. The molecule has 0 spiro atoms. The molecule has 0 aromatic heterocycles. The van der Waals surface area contributed by atoms with Crippen molar-refractivity contribution in [2.75, 3.05) is 36.9 Å². The van der Waals surface area contributed by atoms with Gasteiger partial charge >= 0.3 is 0 Å². The van der Waals surface area contributed by atoms with Crippen molar-refractivity contribution in [3.63, 3.8) is 0 Å². The number of rotatable bonds is 6. The largest absolute Gasteiger partial charge is 0.370 e. The maximum Gasteiger partial charge on any atom is 0.248 e. The summed E-state index contributed by atoms with van der Waals surface area (Å²) in [6.07, 6.45) is 2.67. The molecule has 0 radical (unpaired) electrons. The van der Waals surface area contributed by atoms with Crippen LogP contribution in [-0.4, -0.2) is 38.5 Å². The number of halogens is 1. The van der Waals surface area contributed by atoms with Gasteiger partial charge in [-0.05, 0) is 38.1 Å². The minimum Gasteiger partial charge on any atom is -0.370 e. The molecule has 1 aromatic rings. The van der Waals surface area contributed by atoms with Crippen LogP contribution in [0.1, 0.15) is 29.6 Å². The second-order valence-corrected chi connectivity index (χ2v) is 5.19. The summed E-state index contributed by atoms with van der Waals surface area (Å²) in [7, 11) is 1.80. The monoisotopic (exact) mass is 326 g/mol. The maximum atomic E-state index is 11.9. The van der Waals surface area contributed by atoms with Gasteiger partial charge in [-0.3, -0.25) is 9.59 Å². The van der Waals surface area contributed by atoms with E-state index in [1.807, 2.05) is 6.07 Å². The van der Waals surface area contributed by atoms with Gasteiger partial charge in [-0.2, -0.15) is 0 Å². The van der Waals surface area contributed by atoms with Crippen molar-refractivity contribution >= 4 is 35.6 Å². The summed E-state index contributed by atoms with van der Waals surface area (Å²) >= 11 is 0. The number of carbonyl (C=O) groups is 2. The van der Waals surface area contributed by atoms with Crippen molar-refractivity contribution in [2.24, 2.45) is 5.73 Å². The lowest BCUT2D eigenvalue weighted by Crippen LogP contribution is -2.23. The normalized spacial score (nSPS) is 13.6. The summed E-state index contributed by atoms with van der Waals surface area (Å²) in [5.74, 6) is -0.569. The number of nitrogens with zero attached hydrogens (tertiary/aromatic N) is 1. The van der Waals surface area contributed by atoms with E-state index in [2.05, 4.69) is 15.5 Å². The number of nitrogens with two attached hydrogens (primary N) is 1. The van der Waals surface area contributed by atoms with E-state index in [-0.39, 0.29) is 18.3 Å². The Hall–Kier alpha value is -1.79. The van der Waals surface area contributed by atoms with Gasteiger partial charge in [0, 0.05) is 31.6 Å². The number of amides is 2. The molecule has 1 aliphatic heterocycles. The maximum absolute atomic E-state index is 11.9. The minimum absolute atomic E-state index is 0. The summed E-state index contributed by atoms with van der Waals surface area (Å²) in [6, 6.07) is 5.23. The second kappa shape index (κ2) is 8.60. The number of primary amides is 1. The number of hydrogen-bond acceptors (Lipinski definition) is 4.